The first kappa shape index (κ1) is 20.5. The third-order valence-corrected chi connectivity index (χ3v) is 3.40. The molecular weight excluding hydrogens is 304 g/mol. The van der Waals surface area contributed by atoms with Gasteiger partial charge < -0.3 is 20.5 Å². The maximum Gasteiger partial charge on any atom is 0.221 e. The molecule has 1 rings (SSSR count). The minimum atomic E-state index is -0.215. The lowest BCUT2D eigenvalue weighted by Gasteiger charge is -2.26. The second-order valence-corrected chi connectivity index (χ2v) is 5.91. The van der Waals surface area contributed by atoms with Crippen LogP contribution in [0.15, 0.2) is 18.2 Å². The van der Waals surface area contributed by atoms with Crippen LogP contribution in [0.5, 0.6) is 11.5 Å². The molecule has 1 atom stereocenters. The van der Waals surface area contributed by atoms with Crippen molar-refractivity contribution < 1.29 is 14.3 Å². The molecule has 5 nitrogen and oxygen atoms in total. The number of carbonyl (C=O) groups is 1. The van der Waals surface area contributed by atoms with Gasteiger partial charge in [-0.3, -0.25) is 4.79 Å². The highest BCUT2D eigenvalue weighted by Gasteiger charge is 2.23. The molecule has 0 aliphatic heterocycles. The highest BCUT2D eigenvalue weighted by molar-refractivity contribution is 5.85. The average Bonchev–Trinajstić information content (AvgIpc) is 2.43. The molecule has 0 fully saturated rings. The van der Waals surface area contributed by atoms with Crippen molar-refractivity contribution in [3.05, 3.63) is 23.8 Å². The average molecular weight is 331 g/mol. The molecule has 0 radical (unpaired) electrons. The van der Waals surface area contributed by atoms with Crippen LogP contribution in [0.1, 0.15) is 32.8 Å². The van der Waals surface area contributed by atoms with Gasteiger partial charge in [0.1, 0.15) is 0 Å². The molecule has 0 spiro atoms. The Balaban J connectivity index is 0.00000441. The van der Waals surface area contributed by atoms with E-state index in [-0.39, 0.29) is 29.8 Å². The summed E-state index contributed by atoms with van der Waals surface area (Å²) in [5.41, 5.74) is 6.48. The summed E-state index contributed by atoms with van der Waals surface area (Å²) < 4.78 is 10.6. The third-order valence-electron chi connectivity index (χ3n) is 3.40. The Hall–Kier alpha value is -1.46. The number of benzene rings is 1. The second-order valence-electron chi connectivity index (χ2n) is 5.91. The number of nitrogens with one attached hydrogen (secondary N) is 1. The molecule has 0 heterocycles. The van der Waals surface area contributed by atoms with Crippen molar-refractivity contribution in [1.82, 2.24) is 5.32 Å². The normalized spacial score (nSPS) is 12.1. The van der Waals surface area contributed by atoms with Gasteiger partial charge in [0.05, 0.1) is 14.2 Å². The first-order chi connectivity index (χ1) is 9.80. The fourth-order valence-corrected chi connectivity index (χ4v) is 2.04. The third kappa shape index (κ3) is 5.73. The predicted molar refractivity (Wildman–Crippen MR) is 91.1 cm³/mol. The van der Waals surface area contributed by atoms with Gasteiger partial charge in [-0.25, -0.2) is 0 Å². The lowest BCUT2D eigenvalue weighted by Crippen LogP contribution is -2.38. The zero-order valence-electron chi connectivity index (χ0n) is 13.9. The molecule has 1 amide bonds. The number of halogens is 1. The molecule has 1 unspecified atom stereocenters. The van der Waals surface area contributed by atoms with E-state index in [2.05, 4.69) is 19.2 Å². The molecule has 0 aliphatic carbocycles. The monoisotopic (exact) mass is 330 g/mol. The summed E-state index contributed by atoms with van der Waals surface area (Å²) in [7, 11) is 3.22. The van der Waals surface area contributed by atoms with E-state index in [1.165, 1.54) is 0 Å². The van der Waals surface area contributed by atoms with Crippen molar-refractivity contribution >= 4 is 18.3 Å². The molecule has 0 saturated heterocycles. The van der Waals surface area contributed by atoms with Crippen molar-refractivity contribution in [1.29, 1.82) is 0 Å². The fourth-order valence-electron chi connectivity index (χ4n) is 2.04. The minimum absolute atomic E-state index is 0. The van der Waals surface area contributed by atoms with Gasteiger partial charge in [0.25, 0.3) is 0 Å². The van der Waals surface area contributed by atoms with E-state index < -0.39 is 0 Å². The Bertz CT molecular complexity index is 490. The van der Waals surface area contributed by atoms with Crippen LogP contribution in [0.3, 0.4) is 0 Å². The van der Waals surface area contributed by atoms with E-state index >= 15 is 0 Å². The van der Waals surface area contributed by atoms with Crippen LogP contribution in [0.2, 0.25) is 0 Å². The van der Waals surface area contributed by atoms with Crippen LogP contribution in [-0.4, -0.2) is 32.7 Å². The largest absolute Gasteiger partial charge is 0.493 e. The SMILES string of the molecule is COc1ccc(C(C)(C)CNC(=O)CC(C)N)cc1OC.Cl. The molecular formula is C16H27ClN2O3. The van der Waals surface area contributed by atoms with Crippen molar-refractivity contribution in [3.8, 4) is 11.5 Å². The van der Waals surface area contributed by atoms with Crippen molar-refractivity contribution in [3.63, 3.8) is 0 Å². The van der Waals surface area contributed by atoms with E-state index in [0.29, 0.717) is 24.5 Å². The Kier molecular flexibility index (Phi) is 8.27. The number of nitrogens with two attached hydrogens (primary N) is 1. The standard InChI is InChI=1S/C16H26N2O3.ClH/c1-11(17)8-15(19)18-10-16(2,3)12-6-7-13(20-4)14(9-12)21-5;/h6-7,9,11H,8,10,17H2,1-5H3,(H,18,19);1H. The first-order valence-corrected chi connectivity index (χ1v) is 7.05. The van der Waals surface area contributed by atoms with Gasteiger partial charge in [-0.15, -0.1) is 12.4 Å². The van der Waals surface area contributed by atoms with E-state index in [0.717, 1.165) is 5.56 Å². The molecule has 126 valence electrons. The number of carbonyl (C=O) groups excluding carboxylic acids is 1. The molecule has 0 saturated carbocycles. The van der Waals surface area contributed by atoms with Crippen LogP contribution in [0, 0.1) is 0 Å². The van der Waals surface area contributed by atoms with Crippen LogP contribution < -0.4 is 20.5 Å². The summed E-state index contributed by atoms with van der Waals surface area (Å²) in [4.78, 5) is 11.7. The summed E-state index contributed by atoms with van der Waals surface area (Å²) >= 11 is 0. The van der Waals surface area contributed by atoms with Gasteiger partial charge in [0.15, 0.2) is 11.5 Å². The van der Waals surface area contributed by atoms with Gasteiger partial charge in [0.2, 0.25) is 5.91 Å². The number of hydrogen-bond donors (Lipinski definition) is 2. The van der Waals surface area contributed by atoms with E-state index in [1.54, 1.807) is 14.2 Å². The quantitative estimate of drug-likeness (QED) is 0.804. The van der Waals surface area contributed by atoms with E-state index in [4.69, 9.17) is 15.2 Å². The number of rotatable bonds is 7. The summed E-state index contributed by atoms with van der Waals surface area (Å²) in [5.74, 6) is 1.35. The summed E-state index contributed by atoms with van der Waals surface area (Å²) in [6, 6.07) is 5.67. The molecule has 22 heavy (non-hydrogen) atoms. The van der Waals surface area contributed by atoms with E-state index in [9.17, 15) is 4.79 Å². The van der Waals surface area contributed by atoms with Gasteiger partial charge in [-0.2, -0.15) is 0 Å². The van der Waals surface area contributed by atoms with Crippen LogP contribution in [0.25, 0.3) is 0 Å². The maximum absolute atomic E-state index is 11.7. The highest BCUT2D eigenvalue weighted by atomic mass is 35.5. The molecule has 0 aromatic heterocycles. The summed E-state index contributed by atoms with van der Waals surface area (Å²) in [6.07, 6.45) is 0.335. The van der Waals surface area contributed by atoms with Crippen molar-refractivity contribution in [2.45, 2.75) is 38.6 Å². The Labute approximate surface area is 139 Å². The second kappa shape index (κ2) is 8.86. The Morgan fingerprint density at radius 2 is 1.86 bits per heavy atom. The highest BCUT2D eigenvalue weighted by Crippen LogP contribution is 2.32. The number of amides is 1. The minimum Gasteiger partial charge on any atom is -0.493 e. The Morgan fingerprint density at radius 3 is 2.36 bits per heavy atom. The lowest BCUT2D eigenvalue weighted by atomic mass is 9.84. The number of ether oxygens (including phenoxy) is 2. The molecule has 6 heteroatoms. The van der Waals surface area contributed by atoms with Gasteiger partial charge in [-0.1, -0.05) is 19.9 Å². The van der Waals surface area contributed by atoms with Crippen molar-refractivity contribution in [2.75, 3.05) is 20.8 Å². The van der Waals surface area contributed by atoms with Gasteiger partial charge >= 0.3 is 0 Å². The maximum atomic E-state index is 11.7. The molecule has 0 bridgehead atoms. The van der Waals surface area contributed by atoms with Crippen LogP contribution >= 0.6 is 12.4 Å². The topological polar surface area (TPSA) is 73.6 Å². The summed E-state index contributed by atoms with van der Waals surface area (Å²) in [6.45, 7) is 6.49. The van der Waals surface area contributed by atoms with Gasteiger partial charge in [0, 0.05) is 24.4 Å². The molecule has 0 aliphatic rings. The molecule has 1 aromatic carbocycles. The zero-order chi connectivity index (χ0) is 16.0. The lowest BCUT2D eigenvalue weighted by molar-refractivity contribution is -0.121. The zero-order valence-corrected chi connectivity index (χ0v) is 14.8. The van der Waals surface area contributed by atoms with E-state index in [1.807, 2.05) is 25.1 Å². The fraction of sp³-hybridized carbons (Fsp3) is 0.562. The first-order valence-electron chi connectivity index (χ1n) is 7.05. The van der Waals surface area contributed by atoms with Crippen LogP contribution in [0.4, 0.5) is 0 Å². The molecule has 1 aromatic rings. The predicted octanol–water partition coefficient (Wildman–Crippen LogP) is 2.26. The number of methoxy groups -OCH3 is 2. The van der Waals surface area contributed by atoms with Gasteiger partial charge in [-0.05, 0) is 24.6 Å². The van der Waals surface area contributed by atoms with Crippen LogP contribution in [-0.2, 0) is 10.2 Å². The number of hydrogen-bond acceptors (Lipinski definition) is 4. The Morgan fingerprint density at radius 1 is 1.27 bits per heavy atom. The summed E-state index contributed by atoms with van der Waals surface area (Å²) in [5, 5.41) is 2.93. The smallest absolute Gasteiger partial charge is 0.221 e. The molecule has 3 N–H and O–H groups in total. The van der Waals surface area contributed by atoms with Crippen molar-refractivity contribution in [2.24, 2.45) is 5.73 Å².